The number of ether oxygens (including phenoxy) is 1. The van der Waals surface area contributed by atoms with E-state index in [9.17, 15) is 8.42 Å². The molecule has 1 fully saturated rings. The smallest absolute Gasteiger partial charge is 0.253 e. The minimum absolute atomic E-state index is 0.253. The third-order valence-electron chi connectivity index (χ3n) is 2.75. The van der Waals surface area contributed by atoms with Crippen LogP contribution in [-0.4, -0.2) is 39.7 Å². The van der Waals surface area contributed by atoms with Crippen molar-refractivity contribution < 1.29 is 13.2 Å². The highest BCUT2D eigenvalue weighted by atomic mass is 32.2. The molecule has 0 unspecified atom stereocenters. The molecule has 1 aliphatic heterocycles. The molecule has 7 heteroatoms. The van der Waals surface area contributed by atoms with Crippen LogP contribution in [0.5, 0.6) is 0 Å². The van der Waals surface area contributed by atoms with Crippen LogP contribution in [0.1, 0.15) is 5.56 Å². The maximum absolute atomic E-state index is 12.2. The van der Waals surface area contributed by atoms with Crippen LogP contribution in [0.3, 0.4) is 0 Å². The molecule has 100 valence electrons. The number of aryl methyl sites for hydroxylation is 1. The molecule has 1 heterocycles. The third-order valence-corrected chi connectivity index (χ3v) is 4.28. The number of benzene rings is 1. The standard InChI is InChI=1S/C11H17N3O3S/c1-9-8-10(12)2-3-11(9)18(15,16)13-14-4-6-17-7-5-14/h2-3,8,13H,4-7,12H2,1H3. The first kappa shape index (κ1) is 13.3. The highest BCUT2D eigenvalue weighted by Gasteiger charge is 2.21. The van der Waals surface area contributed by atoms with Gasteiger partial charge in [-0.1, -0.05) is 0 Å². The van der Waals surface area contributed by atoms with Crippen LogP contribution in [-0.2, 0) is 14.8 Å². The lowest BCUT2D eigenvalue weighted by molar-refractivity contribution is 0.0272. The Kier molecular flexibility index (Phi) is 3.86. The van der Waals surface area contributed by atoms with Crippen molar-refractivity contribution in [1.29, 1.82) is 0 Å². The van der Waals surface area contributed by atoms with E-state index in [0.717, 1.165) is 0 Å². The fourth-order valence-corrected chi connectivity index (χ4v) is 3.20. The molecular weight excluding hydrogens is 254 g/mol. The molecular formula is C11H17N3O3S. The quantitative estimate of drug-likeness (QED) is 0.762. The molecule has 1 aromatic rings. The second kappa shape index (κ2) is 5.23. The van der Waals surface area contributed by atoms with Gasteiger partial charge >= 0.3 is 0 Å². The first-order valence-electron chi connectivity index (χ1n) is 5.70. The van der Waals surface area contributed by atoms with Crippen LogP contribution in [0.2, 0.25) is 0 Å². The molecule has 2 rings (SSSR count). The van der Waals surface area contributed by atoms with Gasteiger partial charge in [0.2, 0.25) is 0 Å². The molecule has 0 atom stereocenters. The summed E-state index contributed by atoms with van der Waals surface area (Å²) in [5.74, 6) is 0. The van der Waals surface area contributed by atoms with Crippen LogP contribution < -0.4 is 10.6 Å². The van der Waals surface area contributed by atoms with E-state index < -0.39 is 10.0 Å². The van der Waals surface area contributed by atoms with Crippen molar-refractivity contribution in [1.82, 2.24) is 9.84 Å². The zero-order valence-corrected chi connectivity index (χ0v) is 11.0. The first-order chi connectivity index (χ1) is 8.49. The van der Waals surface area contributed by atoms with Gasteiger partial charge in [-0.3, -0.25) is 0 Å². The van der Waals surface area contributed by atoms with Gasteiger partial charge in [-0.05, 0) is 30.7 Å². The minimum Gasteiger partial charge on any atom is -0.399 e. The van der Waals surface area contributed by atoms with Gasteiger partial charge in [-0.2, -0.15) is 0 Å². The lowest BCUT2D eigenvalue weighted by atomic mass is 10.2. The molecule has 0 amide bonds. The first-order valence-corrected chi connectivity index (χ1v) is 7.18. The van der Waals surface area contributed by atoms with Gasteiger partial charge in [-0.15, -0.1) is 4.83 Å². The third kappa shape index (κ3) is 2.99. The highest BCUT2D eigenvalue weighted by Crippen LogP contribution is 2.18. The summed E-state index contributed by atoms with van der Waals surface area (Å²) in [5, 5.41) is 1.65. The minimum atomic E-state index is -3.54. The Morgan fingerprint density at radius 3 is 2.61 bits per heavy atom. The van der Waals surface area contributed by atoms with E-state index in [-0.39, 0.29) is 4.90 Å². The average Bonchev–Trinajstić information content (AvgIpc) is 2.29. The van der Waals surface area contributed by atoms with Crippen LogP contribution in [0.4, 0.5) is 5.69 Å². The summed E-state index contributed by atoms with van der Waals surface area (Å²) in [6, 6.07) is 4.75. The van der Waals surface area contributed by atoms with E-state index in [1.807, 2.05) is 0 Å². The molecule has 1 aromatic carbocycles. The molecule has 18 heavy (non-hydrogen) atoms. The number of nitrogens with one attached hydrogen (secondary N) is 1. The molecule has 0 radical (unpaired) electrons. The van der Waals surface area contributed by atoms with Gasteiger partial charge in [0.1, 0.15) is 0 Å². The van der Waals surface area contributed by atoms with Crippen molar-refractivity contribution in [3.05, 3.63) is 23.8 Å². The summed E-state index contributed by atoms with van der Waals surface area (Å²) < 4.78 is 29.6. The number of hydrazine groups is 1. The van der Waals surface area contributed by atoms with E-state index in [4.69, 9.17) is 10.5 Å². The molecule has 0 spiro atoms. The molecule has 3 N–H and O–H groups in total. The topological polar surface area (TPSA) is 84.7 Å². The van der Waals surface area contributed by atoms with E-state index in [1.54, 1.807) is 24.1 Å². The van der Waals surface area contributed by atoms with Crippen molar-refractivity contribution in [3.8, 4) is 0 Å². The van der Waals surface area contributed by atoms with Crippen LogP contribution in [0.15, 0.2) is 23.1 Å². The Bertz CT molecular complexity index is 524. The van der Waals surface area contributed by atoms with E-state index in [0.29, 0.717) is 37.6 Å². The Morgan fingerprint density at radius 2 is 2.00 bits per heavy atom. The molecule has 0 saturated carbocycles. The molecule has 0 aromatic heterocycles. The highest BCUT2D eigenvalue weighted by molar-refractivity contribution is 7.89. The van der Waals surface area contributed by atoms with E-state index >= 15 is 0 Å². The number of sulfonamides is 1. The van der Waals surface area contributed by atoms with Crippen molar-refractivity contribution in [3.63, 3.8) is 0 Å². The predicted octanol–water partition coefficient (Wildman–Crippen LogP) is 0.103. The number of rotatable bonds is 3. The molecule has 1 saturated heterocycles. The molecule has 0 aliphatic carbocycles. The summed E-state index contributed by atoms with van der Waals surface area (Å²) in [6.07, 6.45) is 0. The largest absolute Gasteiger partial charge is 0.399 e. The van der Waals surface area contributed by atoms with Crippen molar-refractivity contribution in [2.75, 3.05) is 32.0 Å². The monoisotopic (exact) mass is 271 g/mol. The van der Waals surface area contributed by atoms with Gasteiger partial charge in [-0.25, -0.2) is 13.4 Å². The normalized spacial score (nSPS) is 17.8. The summed E-state index contributed by atoms with van der Waals surface area (Å²) in [4.78, 5) is 2.81. The number of nitrogen functional groups attached to an aromatic ring is 1. The zero-order valence-electron chi connectivity index (χ0n) is 10.2. The zero-order chi connectivity index (χ0) is 13.2. The number of anilines is 1. The van der Waals surface area contributed by atoms with Gasteiger partial charge in [0.15, 0.2) is 0 Å². The lowest BCUT2D eigenvalue weighted by Crippen LogP contribution is -2.48. The SMILES string of the molecule is Cc1cc(N)ccc1S(=O)(=O)NN1CCOCC1. The second-order valence-corrected chi connectivity index (χ2v) is 5.85. The summed E-state index contributed by atoms with van der Waals surface area (Å²) >= 11 is 0. The van der Waals surface area contributed by atoms with E-state index in [2.05, 4.69) is 4.83 Å². The molecule has 1 aliphatic rings. The van der Waals surface area contributed by atoms with Crippen LogP contribution >= 0.6 is 0 Å². The van der Waals surface area contributed by atoms with Crippen molar-refractivity contribution in [2.45, 2.75) is 11.8 Å². The van der Waals surface area contributed by atoms with Gasteiger partial charge < -0.3 is 10.5 Å². The Balaban J connectivity index is 2.19. The number of nitrogens with zero attached hydrogens (tertiary/aromatic N) is 1. The Morgan fingerprint density at radius 1 is 1.33 bits per heavy atom. The fraction of sp³-hybridized carbons (Fsp3) is 0.455. The predicted molar refractivity (Wildman–Crippen MR) is 68.3 cm³/mol. The Labute approximate surface area is 107 Å². The number of hydrogen-bond acceptors (Lipinski definition) is 5. The number of hydrogen-bond donors (Lipinski definition) is 2. The number of nitrogens with two attached hydrogens (primary N) is 1. The maximum atomic E-state index is 12.2. The summed E-state index contributed by atoms with van der Waals surface area (Å²) in [5.41, 5.74) is 6.80. The molecule has 0 bridgehead atoms. The van der Waals surface area contributed by atoms with Gasteiger partial charge in [0, 0.05) is 18.8 Å². The van der Waals surface area contributed by atoms with E-state index in [1.165, 1.54) is 6.07 Å². The Hall–Kier alpha value is -1.15. The average molecular weight is 271 g/mol. The summed E-state index contributed by atoms with van der Waals surface area (Å²) in [7, 11) is -3.54. The van der Waals surface area contributed by atoms with Crippen molar-refractivity contribution in [2.24, 2.45) is 0 Å². The number of morpholine rings is 1. The summed E-state index contributed by atoms with van der Waals surface area (Å²) in [6.45, 7) is 3.89. The molecule has 6 nitrogen and oxygen atoms in total. The lowest BCUT2D eigenvalue weighted by Gasteiger charge is -2.27. The van der Waals surface area contributed by atoms with Gasteiger partial charge in [0.05, 0.1) is 18.1 Å². The van der Waals surface area contributed by atoms with Crippen LogP contribution in [0.25, 0.3) is 0 Å². The fourth-order valence-electron chi connectivity index (χ4n) is 1.85. The van der Waals surface area contributed by atoms with Crippen molar-refractivity contribution >= 4 is 15.7 Å². The van der Waals surface area contributed by atoms with Gasteiger partial charge in [0.25, 0.3) is 10.0 Å². The second-order valence-electron chi connectivity index (χ2n) is 4.22. The van der Waals surface area contributed by atoms with Crippen LogP contribution in [0, 0.1) is 6.92 Å². The maximum Gasteiger partial charge on any atom is 0.253 e.